The zero-order chi connectivity index (χ0) is 21.0. The lowest BCUT2D eigenvalue weighted by Crippen LogP contribution is -2.14. The Kier molecular flexibility index (Phi) is 5.67. The molecule has 29 heavy (non-hydrogen) atoms. The summed E-state index contributed by atoms with van der Waals surface area (Å²) >= 11 is 0. The Bertz CT molecular complexity index is 1020. The minimum Gasteiger partial charge on any atom is -0.497 e. The van der Waals surface area contributed by atoms with Crippen molar-refractivity contribution >= 4 is 5.91 Å². The van der Waals surface area contributed by atoms with Gasteiger partial charge < -0.3 is 15.2 Å². The number of rotatable bonds is 6. The summed E-state index contributed by atoms with van der Waals surface area (Å²) in [7, 11) is 1.30. The Morgan fingerprint density at radius 3 is 2.55 bits per heavy atom. The quantitative estimate of drug-likeness (QED) is 0.676. The number of benzene rings is 1. The van der Waals surface area contributed by atoms with Crippen molar-refractivity contribution in [2.45, 2.75) is 12.8 Å². The predicted octanol–water partition coefficient (Wildman–Crippen LogP) is 3.85. The molecule has 0 bridgehead atoms. The van der Waals surface area contributed by atoms with Crippen molar-refractivity contribution in [3.63, 3.8) is 0 Å². The van der Waals surface area contributed by atoms with E-state index in [2.05, 4.69) is 9.97 Å². The van der Waals surface area contributed by atoms with Crippen LogP contribution in [0, 0.1) is 0 Å². The van der Waals surface area contributed by atoms with E-state index in [1.54, 1.807) is 6.07 Å². The SMILES string of the molecule is COc1ccc(-c2ccc(COc3ncccc3C(N)=O)nc2)c(C(F)(F)F)c1. The zero-order valence-electron chi connectivity index (χ0n) is 15.2. The number of pyridine rings is 2. The smallest absolute Gasteiger partial charge is 0.417 e. The van der Waals surface area contributed by atoms with Crippen molar-refractivity contribution in [1.82, 2.24) is 9.97 Å². The largest absolute Gasteiger partial charge is 0.497 e. The van der Waals surface area contributed by atoms with Crippen LogP contribution in [-0.4, -0.2) is 23.0 Å². The summed E-state index contributed by atoms with van der Waals surface area (Å²) < 4.78 is 50.6. The van der Waals surface area contributed by atoms with Crippen LogP contribution in [0.4, 0.5) is 13.2 Å². The summed E-state index contributed by atoms with van der Waals surface area (Å²) in [5.74, 6) is -0.518. The normalized spacial score (nSPS) is 11.2. The van der Waals surface area contributed by atoms with Crippen molar-refractivity contribution in [3.8, 4) is 22.8 Å². The number of carbonyl (C=O) groups is 1. The summed E-state index contributed by atoms with van der Waals surface area (Å²) in [4.78, 5) is 19.5. The first-order valence-electron chi connectivity index (χ1n) is 8.37. The first-order chi connectivity index (χ1) is 13.8. The molecule has 0 fully saturated rings. The monoisotopic (exact) mass is 403 g/mol. The summed E-state index contributed by atoms with van der Waals surface area (Å²) in [5, 5.41) is 0. The first kappa shape index (κ1) is 20.1. The molecule has 0 aliphatic heterocycles. The van der Waals surface area contributed by atoms with Gasteiger partial charge in [-0.05, 0) is 35.9 Å². The molecule has 3 rings (SSSR count). The Balaban J connectivity index is 1.82. The van der Waals surface area contributed by atoms with E-state index >= 15 is 0 Å². The molecule has 9 heteroatoms. The number of carbonyl (C=O) groups excluding carboxylic acids is 1. The standard InChI is InChI=1S/C20H16F3N3O3/c1-28-14-6-7-15(17(9-14)20(21,22)23)12-4-5-13(26-10-12)11-29-19-16(18(24)27)3-2-8-25-19/h2-10H,11H2,1H3,(H2,24,27). The van der Waals surface area contributed by atoms with Gasteiger partial charge in [-0.25, -0.2) is 4.98 Å². The third kappa shape index (κ3) is 4.63. The van der Waals surface area contributed by atoms with Crippen LogP contribution in [0.5, 0.6) is 11.6 Å². The number of aromatic nitrogens is 2. The van der Waals surface area contributed by atoms with E-state index in [-0.39, 0.29) is 29.4 Å². The van der Waals surface area contributed by atoms with Crippen LogP contribution in [0.1, 0.15) is 21.6 Å². The fraction of sp³-hybridized carbons (Fsp3) is 0.150. The highest BCUT2D eigenvalue weighted by atomic mass is 19.4. The van der Waals surface area contributed by atoms with Crippen LogP contribution < -0.4 is 15.2 Å². The molecule has 0 saturated carbocycles. The molecule has 0 aliphatic rings. The molecule has 1 amide bonds. The second-order valence-corrected chi connectivity index (χ2v) is 5.96. The third-order valence-corrected chi connectivity index (χ3v) is 4.06. The maximum Gasteiger partial charge on any atom is 0.417 e. The number of hydrogen-bond acceptors (Lipinski definition) is 5. The molecule has 0 aliphatic carbocycles. The van der Waals surface area contributed by atoms with Crippen molar-refractivity contribution in [2.24, 2.45) is 5.73 Å². The molecule has 0 spiro atoms. The lowest BCUT2D eigenvalue weighted by Gasteiger charge is -2.14. The van der Waals surface area contributed by atoms with Crippen LogP contribution in [0.25, 0.3) is 11.1 Å². The number of ether oxygens (including phenoxy) is 2. The molecule has 1 aromatic carbocycles. The number of nitrogens with two attached hydrogens (primary N) is 1. The fourth-order valence-corrected chi connectivity index (χ4v) is 2.64. The molecule has 2 N–H and O–H groups in total. The lowest BCUT2D eigenvalue weighted by molar-refractivity contribution is -0.137. The maximum atomic E-state index is 13.4. The Hall–Kier alpha value is -3.62. The van der Waals surface area contributed by atoms with Crippen molar-refractivity contribution in [3.05, 3.63) is 71.7 Å². The van der Waals surface area contributed by atoms with Gasteiger partial charge >= 0.3 is 6.18 Å². The van der Waals surface area contributed by atoms with E-state index in [0.29, 0.717) is 11.3 Å². The molecule has 0 atom stereocenters. The molecule has 2 aromatic heterocycles. The summed E-state index contributed by atoms with van der Waals surface area (Å²) in [6.07, 6.45) is -1.78. The van der Waals surface area contributed by atoms with Crippen LogP contribution >= 0.6 is 0 Å². The van der Waals surface area contributed by atoms with Gasteiger partial charge in [0.25, 0.3) is 5.91 Å². The van der Waals surface area contributed by atoms with Gasteiger partial charge in [0.05, 0.1) is 18.4 Å². The molecule has 0 saturated heterocycles. The average molecular weight is 403 g/mol. The molecule has 2 heterocycles. The Labute approximate surface area is 164 Å². The van der Waals surface area contributed by atoms with Gasteiger partial charge in [0.15, 0.2) is 0 Å². The van der Waals surface area contributed by atoms with Gasteiger partial charge in [-0.15, -0.1) is 0 Å². The Morgan fingerprint density at radius 1 is 1.14 bits per heavy atom. The highest BCUT2D eigenvalue weighted by Crippen LogP contribution is 2.39. The van der Waals surface area contributed by atoms with Gasteiger partial charge in [-0.2, -0.15) is 13.2 Å². The molecule has 3 aromatic rings. The summed E-state index contributed by atoms with van der Waals surface area (Å²) in [6.45, 7) is -0.0354. The van der Waals surface area contributed by atoms with E-state index in [4.69, 9.17) is 15.2 Å². The predicted molar refractivity (Wildman–Crippen MR) is 98.3 cm³/mol. The van der Waals surface area contributed by atoms with Gasteiger partial charge in [0, 0.05) is 18.0 Å². The molecular formula is C20H16F3N3O3. The zero-order valence-corrected chi connectivity index (χ0v) is 15.2. The number of methoxy groups -OCH3 is 1. The third-order valence-electron chi connectivity index (χ3n) is 4.06. The average Bonchev–Trinajstić information content (AvgIpc) is 2.71. The van der Waals surface area contributed by atoms with Gasteiger partial charge in [0.1, 0.15) is 17.9 Å². The van der Waals surface area contributed by atoms with Crippen molar-refractivity contribution in [1.29, 1.82) is 0 Å². The summed E-state index contributed by atoms with van der Waals surface area (Å²) in [5.41, 5.74) is 5.29. The Morgan fingerprint density at radius 2 is 1.93 bits per heavy atom. The lowest BCUT2D eigenvalue weighted by atomic mass is 10.00. The minimum atomic E-state index is -4.55. The van der Waals surface area contributed by atoms with Crippen LogP contribution in [0.15, 0.2) is 54.9 Å². The van der Waals surface area contributed by atoms with Gasteiger partial charge in [-0.3, -0.25) is 9.78 Å². The fourth-order valence-electron chi connectivity index (χ4n) is 2.64. The molecule has 6 nitrogen and oxygen atoms in total. The van der Waals surface area contributed by atoms with E-state index < -0.39 is 17.6 Å². The van der Waals surface area contributed by atoms with E-state index in [1.165, 1.54) is 49.8 Å². The number of primary amides is 1. The number of nitrogens with zero attached hydrogens (tertiary/aromatic N) is 2. The summed E-state index contributed by atoms with van der Waals surface area (Å²) in [6, 6.07) is 9.80. The topological polar surface area (TPSA) is 87.3 Å². The second kappa shape index (κ2) is 8.17. The van der Waals surface area contributed by atoms with Crippen LogP contribution in [0.3, 0.4) is 0 Å². The number of halogens is 3. The van der Waals surface area contributed by atoms with Gasteiger partial charge in [-0.1, -0.05) is 12.1 Å². The van der Waals surface area contributed by atoms with E-state index in [0.717, 1.165) is 6.07 Å². The molecule has 0 radical (unpaired) electrons. The minimum absolute atomic E-state index is 0.0148. The molecular weight excluding hydrogens is 387 g/mol. The van der Waals surface area contributed by atoms with Gasteiger partial charge in [0.2, 0.25) is 5.88 Å². The number of hydrogen-bond donors (Lipinski definition) is 1. The maximum absolute atomic E-state index is 13.4. The van der Waals surface area contributed by atoms with Crippen molar-refractivity contribution < 1.29 is 27.4 Å². The first-order valence-corrected chi connectivity index (χ1v) is 8.37. The van der Waals surface area contributed by atoms with Crippen LogP contribution in [0.2, 0.25) is 0 Å². The van der Waals surface area contributed by atoms with E-state index in [9.17, 15) is 18.0 Å². The molecule has 0 unspecified atom stereocenters. The van der Waals surface area contributed by atoms with Crippen molar-refractivity contribution in [2.75, 3.05) is 7.11 Å². The number of alkyl halides is 3. The van der Waals surface area contributed by atoms with Crippen LogP contribution in [-0.2, 0) is 12.8 Å². The second-order valence-electron chi connectivity index (χ2n) is 5.96. The highest BCUT2D eigenvalue weighted by Gasteiger charge is 2.34. The highest BCUT2D eigenvalue weighted by molar-refractivity contribution is 5.94. The van der Waals surface area contributed by atoms with E-state index in [1.807, 2.05) is 0 Å². The number of amides is 1. The molecule has 150 valence electrons.